The van der Waals surface area contributed by atoms with Gasteiger partial charge >= 0.3 is 0 Å². The molecule has 7 atom stereocenters. The number of nitrogens with one attached hydrogen (secondary N) is 1. The summed E-state index contributed by atoms with van der Waals surface area (Å²) in [7, 11) is 0. The van der Waals surface area contributed by atoms with E-state index in [1.165, 1.54) is 6.08 Å². The van der Waals surface area contributed by atoms with Crippen molar-refractivity contribution < 1.29 is 14.0 Å². The van der Waals surface area contributed by atoms with Crippen LogP contribution in [0.5, 0.6) is 0 Å². The molecular formula is C19H24FNO2. The van der Waals surface area contributed by atoms with Crippen molar-refractivity contribution >= 4 is 17.3 Å². The summed E-state index contributed by atoms with van der Waals surface area (Å²) >= 11 is 0. The van der Waals surface area contributed by atoms with Gasteiger partial charge in [0.2, 0.25) is 0 Å². The van der Waals surface area contributed by atoms with Crippen molar-refractivity contribution in [3.05, 3.63) is 12.2 Å². The lowest BCUT2D eigenvalue weighted by Gasteiger charge is -2.58. The average molecular weight is 317 g/mol. The largest absolute Gasteiger partial charge is 0.301 e. The molecule has 1 N–H and O–H groups in total. The van der Waals surface area contributed by atoms with Gasteiger partial charge in [-0.1, -0.05) is 19.9 Å². The molecule has 0 heterocycles. The third kappa shape index (κ3) is 1.78. The summed E-state index contributed by atoms with van der Waals surface area (Å²) in [5.74, 6) is 0.138. The van der Waals surface area contributed by atoms with Crippen molar-refractivity contribution in [3.63, 3.8) is 0 Å². The summed E-state index contributed by atoms with van der Waals surface area (Å²) in [5, 5.41) is 8.10. The number of Topliss-reactive ketones (excluding diaryl/α,β-unsaturated/α-hetero) is 1. The van der Waals surface area contributed by atoms with Crippen LogP contribution in [0.1, 0.15) is 46.0 Å². The van der Waals surface area contributed by atoms with E-state index in [-0.39, 0.29) is 34.7 Å². The molecule has 4 aliphatic rings. The molecule has 4 aliphatic carbocycles. The molecule has 124 valence electrons. The number of allylic oxidation sites excluding steroid dienone is 2. The van der Waals surface area contributed by atoms with Gasteiger partial charge in [0.1, 0.15) is 12.0 Å². The molecule has 0 aromatic rings. The van der Waals surface area contributed by atoms with E-state index in [9.17, 15) is 9.59 Å². The molecule has 0 radical (unpaired) electrons. The van der Waals surface area contributed by atoms with Crippen molar-refractivity contribution in [2.75, 3.05) is 0 Å². The summed E-state index contributed by atoms with van der Waals surface area (Å²) in [5.41, 5.74) is -0.789. The first-order valence-electron chi connectivity index (χ1n) is 8.78. The normalized spacial score (nSPS) is 52.1. The predicted molar refractivity (Wildman–Crippen MR) is 85.0 cm³/mol. The molecule has 0 aromatic heterocycles. The maximum absolute atomic E-state index is 15.0. The zero-order valence-corrected chi connectivity index (χ0v) is 13.8. The molecule has 0 saturated heterocycles. The molecule has 0 bridgehead atoms. The van der Waals surface area contributed by atoms with E-state index in [0.29, 0.717) is 18.6 Å². The Morgan fingerprint density at radius 1 is 1.22 bits per heavy atom. The van der Waals surface area contributed by atoms with Crippen LogP contribution in [-0.2, 0) is 9.59 Å². The van der Waals surface area contributed by atoms with Gasteiger partial charge in [-0.3, -0.25) is 9.59 Å². The summed E-state index contributed by atoms with van der Waals surface area (Å²) in [6.45, 7) is 4.10. The Morgan fingerprint density at radius 2 is 1.96 bits per heavy atom. The summed E-state index contributed by atoms with van der Waals surface area (Å²) in [4.78, 5) is 24.2. The molecule has 3 fully saturated rings. The lowest BCUT2D eigenvalue weighted by atomic mass is 9.46. The summed E-state index contributed by atoms with van der Waals surface area (Å²) in [6, 6.07) is 0. The Kier molecular flexibility index (Phi) is 3.05. The van der Waals surface area contributed by atoms with Crippen LogP contribution in [0.4, 0.5) is 4.39 Å². The molecule has 3 nitrogen and oxygen atoms in total. The van der Waals surface area contributed by atoms with Crippen LogP contribution >= 0.6 is 0 Å². The number of carbonyl (C=O) groups excluding carboxylic acids is 2. The highest BCUT2D eigenvalue weighted by atomic mass is 19.1. The van der Waals surface area contributed by atoms with Crippen molar-refractivity contribution in [1.82, 2.24) is 0 Å². The van der Waals surface area contributed by atoms with E-state index in [2.05, 4.69) is 6.92 Å². The Labute approximate surface area is 136 Å². The molecule has 3 saturated carbocycles. The van der Waals surface area contributed by atoms with Crippen LogP contribution in [0.3, 0.4) is 0 Å². The zero-order valence-electron chi connectivity index (χ0n) is 13.8. The second-order valence-corrected chi connectivity index (χ2v) is 8.50. The van der Waals surface area contributed by atoms with Crippen molar-refractivity contribution in [2.24, 2.45) is 34.5 Å². The van der Waals surface area contributed by atoms with Gasteiger partial charge < -0.3 is 5.41 Å². The number of hydrogen-bond acceptors (Lipinski definition) is 3. The number of halogens is 1. The van der Waals surface area contributed by atoms with Gasteiger partial charge in [-0.05, 0) is 49.5 Å². The van der Waals surface area contributed by atoms with E-state index in [4.69, 9.17) is 5.41 Å². The third-order valence-corrected chi connectivity index (χ3v) is 7.64. The van der Waals surface area contributed by atoms with E-state index in [1.54, 1.807) is 0 Å². The van der Waals surface area contributed by atoms with Gasteiger partial charge in [0.15, 0.2) is 5.78 Å². The maximum Gasteiger partial charge on any atom is 0.199 e. The highest BCUT2D eigenvalue weighted by Gasteiger charge is 2.62. The topological polar surface area (TPSA) is 58.0 Å². The van der Waals surface area contributed by atoms with Crippen molar-refractivity contribution in [1.29, 1.82) is 5.41 Å². The molecule has 0 amide bonds. The van der Waals surface area contributed by atoms with Crippen molar-refractivity contribution in [3.8, 4) is 0 Å². The molecule has 0 aliphatic heterocycles. The predicted octanol–water partition coefficient (Wildman–Crippen LogP) is 3.52. The van der Waals surface area contributed by atoms with E-state index in [0.717, 1.165) is 19.3 Å². The minimum atomic E-state index is -1.15. The number of rotatable bonds is 0. The Bertz CT molecular complexity index is 641. The van der Waals surface area contributed by atoms with Gasteiger partial charge in [0.25, 0.3) is 0 Å². The van der Waals surface area contributed by atoms with Crippen LogP contribution in [0.25, 0.3) is 0 Å². The SMILES string of the molecule is C[C@]12C=CC(=O)C(=N)C1[C@H](F)C[C@@H]1[C@@H]2CC[C@]2(C)C(=O)CC[C@@H]12. The molecule has 0 aromatic carbocycles. The monoisotopic (exact) mass is 317 g/mol. The van der Waals surface area contributed by atoms with Crippen LogP contribution in [0, 0.1) is 39.9 Å². The fraction of sp³-hybridized carbons (Fsp3) is 0.737. The van der Waals surface area contributed by atoms with Crippen LogP contribution in [-0.4, -0.2) is 23.4 Å². The van der Waals surface area contributed by atoms with Gasteiger partial charge in [-0.25, -0.2) is 4.39 Å². The van der Waals surface area contributed by atoms with E-state index in [1.807, 2.05) is 13.0 Å². The van der Waals surface area contributed by atoms with E-state index >= 15 is 4.39 Å². The molecule has 4 rings (SSSR count). The smallest absolute Gasteiger partial charge is 0.199 e. The second kappa shape index (κ2) is 4.61. The lowest BCUT2D eigenvalue weighted by Crippen LogP contribution is -2.58. The molecular weight excluding hydrogens is 293 g/mol. The first-order valence-corrected chi connectivity index (χ1v) is 8.78. The minimum Gasteiger partial charge on any atom is -0.301 e. The van der Waals surface area contributed by atoms with Crippen LogP contribution in [0.15, 0.2) is 12.2 Å². The van der Waals surface area contributed by atoms with Gasteiger partial charge in [0, 0.05) is 23.2 Å². The zero-order chi connectivity index (χ0) is 16.6. The summed E-state index contributed by atoms with van der Waals surface area (Å²) in [6.07, 6.45) is 5.88. The maximum atomic E-state index is 15.0. The average Bonchev–Trinajstić information content (AvgIpc) is 2.79. The molecule has 23 heavy (non-hydrogen) atoms. The number of ketones is 2. The Hall–Kier alpha value is -1.32. The number of alkyl halides is 1. The van der Waals surface area contributed by atoms with Crippen molar-refractivity contribution in [2.45, 2.75) is 52.1 Å². The fourth-order valence-corrected chi connectivity index (χ4v) is 6.39. The Morgan fingerprint density at radius 3 is 2.70 bits per heavy atom. The van der Waals surface area contributed by atoms with Gasteiger partial charge in [-0.15, -0.1) is 0 Å². The minimum absolute atomic E-state index is 0.0585. The molecule has 1 unspecified atom stereocenters. The van der Waals surface area contributed by atoms with Gasteiger partial charge in [0.05, 0.1) is 5.71 Å². The summed E-state index contributed by atoms with van der Waals surface area (Å²) < 4.78 is 15.0. The first kappa shape index (κ1) is 15.2. The first-order chi connectivity index (χ1) is 10.8. The Balaban J connectivity index is 1.77. The highest BCUT2D eigenvalue weighted by molar-refractivity contribution is 6.44. The second-order valence-electron chi connectivity index (χ2n) is 8.50. The third-order valence-electron chi connectivity index (χ3n) is 7.64. The number of fused-ring (bicyclic) bond motifs is 5. The van der Waals surface area contributed by atoms with E-state index < -0.39 is 17.5 Å². The quantitative estimate of drug-likeness (QED) is 0.743. The molecule has 0 spiro atoms. The lowest BCUT2D eigenvalue weighted by molar-refractivity contribution is -0.135. The van der Waals surface area contributed by atoms with Crippen LogP contribution in [0.2, 0.25) is 0 Å². The fourth-order valence-electron chi connectivity index (χ4n) is 6.39. The number of carbonyl (C=O) groups is 2. The highest BCUT2D eigenvalue weighted by Crippen LogP contribution is 2.64. The standard InChI is InChI=1S/C19H24FNO2/c1-18-7-5-12-10(11(18)3-4-15(18)23)9-13(20)16-17(21)14(22)6-8-19(12,16)2/h6,8,10-13,16,21H,3-5,7,9H2,1-2H3/t10-,11-,12-,13+,16?,18-,19+/m0/s1. The van der Waals surface area contributed by atoms with Crippen LogP contribution < -0.4 is 0 Å². The molecule has 4 heteroatoms. The van der Waals surface area contributed by atoms with Gasteiger partial charge in [-0.2, -0.15) is 0 Å². The number of hydrogen-bond donors (Lipinski definition) is 1.